The van der Waals surface area contributed by atoms with E-state index in [1.165, 1.54) is 29.5 Å². The maximum atomic E-state index is 3.68. The Labute approximate surface area is 98.6 Å². The van der Waals surface area contributed by atoms with Crippen LogP contribution in [-0.4, -0.2) is 6.04 Å². The minimum atomic E-state index is 0.448. The van der Waals surface area contributed by atoms with Crippen LogP contribution in [0.5, 0.6) is 0 Å². The van der Waals surface area contributed by atoms with Gasteiger partial charge in [0.25, 0.3) is 0 Å². The third-order valence-corrected chi connectivity index (χ3v) is 3.52. The lowest BCUT2D eigenvalue weighted by Crippen LogP contribution is -2.29. The van der Waals surface area contributed by atoms with Crippen LogP contribution in [0.3, 0.4) is 0 Å². The molecule has 0 saturated carbocycles. The van der Waals surface area contributed by atoms with Gasteiger partial charge >= 0.3 is 0 Å². The average Bonchev–Trinajstić information content (AvgIpc) is 2.74. The van der Waals surface area contributed by atoms with Gasteiger partial charge in [-0.25, -0.2) is 0 Å². The number of benzene rings is 1. The maximum Gasteiger partial charge on any atom is 0.0294 e. The smallest absolute Gasteiger partial charge is 0.0294 e. The molecule has 1 N–H and O–H groups in total. The standard InChI is InChI=1S/C15H21N/c1-11-8-9-14(10-12(11)2)13(3)16-15-6-4-5-7-15/h4-5,8-10,13,15-16H,6-7H2,1-3H3. The molecule has 0 spiro atoms. The van der Waals surface area contributed by atoms with Crippen LogP contribution in [0.15, 0.2) is 30.4 Å². The van der Waals surface area contributed by atoms with Crippen LogP contribution >= 0.6 is 0 Å². The normalized spacial score (nSPS) is 17.9. The Kier molecular flexibility index (Phi) is 3.45. The highest BCUT2D eigenvalue weighted by molar-refractivity contribution is 5.31. The molecule has 1 aliphatic rings. The van der Waals surface area contributed by atoms with E-state index in [1.807, 2.05) is 0 Å². The van der Waals surface area contributed by atoms with Gasteiger partial charge in [0.15, 0.2) is 0 Å². The Morgan fingerprint density at radius 1 is 1.12 bits per heavy atom. The van der Waals surface area contributed by atoms with Crippen molar-refractivity contribution < 1.29 is 0 Å². The summed E-state index contributed by atoms with van der Waals surface area (Å²) < 4.78 is 0. The van der Waals surface area contributed by atoms with Gasteiger partial charge in [-0.1, -0.05) is 30.4 Å². The van der Waals surface area contributed by atoms with Crippen LogP contribution in [0.25, 0.3) is 0 Å². The number of hydrogen-bond acceptors (Lipinski definition) is 1. The predicted molar refractivity (Wildman–Crippen MR) is 69.6 cm³/mol. The van der Waals surface area contributed by atoms with E-state index < -0.39 is 0 Å². The highest BCUT2D eigenvalue weighted by atomic mass is 14.9. The van der Waals surface area contributed by atoms with Crippen LogP contribution in [0.2, 0.25) is 0 Å². The molecule has 1 nitrogen and oxygen atoms in total. The van der Waals surface area contributed by atoms with Gasteiger partial charge in [0.1, 0.15) is 0 Å². The Morgan fingerprint density at radius 3 is 2.44 bits per heavy atom. The summed E-state index contributed by atoms with van der Waals surface area (Å²) in [5.74, 6) is 0. The van der Waals surface area contributed by atoms with Crippen molar-refractivity contribution in [2.75, 3.05) is 0 Å². The minimum absolute atomic E-state index is 0.448. The second kappa shape index (κ2) is 4.84. The SMILES string of the molecule is Cc1ccc(C(C)NC2CC=CC2)cc1C. The Bertz CT molecular complexity index is 384. The summed E-state index contributed by atoms with van der Waals surface area (Å²) in [5, 5.41) is 3.68. The lowest BCUT2D eigenvalue weighted by atomic mass is 10.0. The fourth-order valence-electron chi connectivity index (χ4n) is 2.24. The molecule has 1 aromatic carbocycles. The first-order valence-corrected chi connectivity index (χ1v) is 6.15. The highest BCUT2D eigenvalue weighted by Crippen LogP contribution is 2.19. The molecular weight excluding hydrogens is 194 g/mol. The molecule has 0 aliphatic heterocycles. The zero-order chi connectivity index (χ0) is 11.5. The summed E-state index contributed by atoms with van der Waals surface area (Å²) in [7, 11) is 0. The second-order valence-electron chi connectivity index (χ2n) is 4.87. The molecule has 0 radical (unpaired) electrons. The van der Waals surface area contributed by atoms with E-state index in [1.54, 1.807) is 0 Å². The van der Waals surface area contributed by atoms with Gasteiger partial charge in [-0.15, -0.1) is 0 Å². The second-order valence-corrected chi connectivity index (χ2v) is 4.87. The van der Waals surface area contributed by atoms with Crippen LogP contribution in [-0.2, 0) is 0 Å². The summed E-state index contributed by atoms with van der Waals surface area (Å²) in [6, 6.07) is 7.84. The molecule has 0 aromatic heterocycles. The fraction of sp³-hybridized carbons (Fsp3) is 0.467. The van der Waals surface area contributed by atoms with Crippen molar-refractivity contribution in [3.05, 3.63) is 47.0 Å². The Balaban J connectivity index is 2.02. The largest absolute Gasteiger partial charge is 0.307 e. The molecule has 0 heterocycles. The highest BCUT2D eigenvalue weighted by Gasteiger charge is 2.14. The van der Waals surface area contributed by atoms with E-state index >= 15 is 0 Å². The molecular formula is C15H21N. The Morgan fingerprint density at radius 2 is 1.81 bits per heavy atom. The van der Waals surface area contributed by atoms with Gasteiger partial charge in [-0.2, -0.15) is 0 Å². The average molecular weight is 215 g/mol. The third-order valence-electron chi connectivity index (χ3n) is 3.52. The van der Waals surface area contributed by atoms with Crippen molar-refractivity contribution in [1.29, 1.82) is 0 Å². The molecule has 0 fully saturated rings. The zero-order valence-corrected chi connectivity index (χ0v) is 10.5. The molecule has 1 heteroatoms. The van der Waals surface area contributed by atoms with E-state index in [0.717, 1.165) is 0 Å². The molecule has 1 aliphatic carbocycles. The van der Waals surface area contributed by atoms with Crippen molar-refractivity contribution in [3.8, 4) is 0 Å². The number of hydrogen-bond donors (Lipinski definition) is 1. The Hall–Kier alpha value is -1.08. The lowest BCUT2D eigenvalue weighted by molar-refractivity contribution is 0.471. The van der Waals surface area contributed by atoms with E-state index in [9.17, 15) is 0 Å². The van der Waals surface area contributed by atoms with E-state index in [4.69, 9.17) is 0 Å². The molecule has 0 amide bonds. The molecule has 0 bridgehead atoms. The van der Waals surface area contributed by atoms with Gasteiger partial charge < -0.3 is 5.32 Å². The zero-order valence-electron chi connectivity index (χ0n) is 10.5. The molecule has 16 heavy (non-hydrogen) atoms. The first-order valence-electron chi connectivity index (χ1n) is 6.15. The van der Waals surface area contributed by atoms with E-state index in [-0.39, 0.29) is 0 Å². The monoisotopic (exact) mass is 215 g/mol. The van der Waals surface area contributed by atoms with Crippen LogP contribution in [0.1, 0.15) is 42.5 Å². The van der Waals surface area contributed by atoms with E-state index in [0.29, 0.717) is 12.1 Å². The topological polar surface area (TPSA) is 12.0 Å². The van der Waals surface area contributed by atoms with Crippen molar-refractivity contribution in [3.63, 3.8) is 0 Å². The maximum absolute atomic E-state index is 3.68. The summed E-state index contributed by atoms with van der Waals surface area (Å²) in [6.45, 7) is 6.60. The number of nitrogens with one attached hydrogen (secondary N) is 1. The molecule has 86 valence electrons. The lowest BCUT2D eigenvalue weighted by Gasteiger charge is -2.20. The van der Waals surface area contributed by atoms with Crippen LogP contribution < -0.4 is 5.32 Å². The van der Waals surface area contributed by atoms with Gasteiger partial charge in [-0.05, 0) is 50.3 Å². The fourth-order valence-corrected chi connectivity index (χ4v) is 2.24. The molecule has 0 saturated heterocycles. The quantitative estimate of drug-likeness (QED) is 0.759. The summed E-state index contributed by atoms with van der Waals surface area (Å²) in [5.41, 5.74) is 4.16. The number of aryl methyl sites for hydroxylation is 2. The predicted octanol–water partition coefficient (Wildman–Crippen LogP) is 3.67. The van der Waals surface area contributed by atoms with Crippen molar-refractivity contribution >= 4 is 0 Å². The van der Waals surface area contributed by atoms with E-state index in [2.05, 4.69) is 56.4 Å². The van der Waals surface area contributed by atoms with Crippen molar-refractivity contribution in [1.82, 2.24) is 5.32 Å². The summed E-state index contributed by atoms with van der Waals surface area (Å²) in [6.07, 6.45) is 6.89. The van der Waals surface area contributed by atoms with Gasteiger partial charge in [-0.3, -0.25) is 0 Å². The number of rotatable bonds is 3. The molecule has 2 rings (SSSR count). The summed E-state index contributed by atoms with van der Waals surface area (Å²) in [4.78, 5) is 0. The first kappa shape index (κ1) is 11.4. The van der Waals surface area contributed by atoms with Crippen LogP contribution in [0.4, 0.5) is 0 Å². The van der Waals surface area contributed by atoms with Gasteiger partial charge in [0.2, 0.25) is 0 Å². The molecule has 1 aromatic rings. The van der Waals surface area contributed by atoms with Gasteiger partial charge in [0.05, 0.1) is 0 Å². The minimum Gasteiger partial charge on any atom is -0.307 e. The molecule has 1 atom stereocenters. The first-order chi connectivity index (χ1) is 7.66. The van der Waals surface area contributed by atoms with Gasteiger partial charge in [0, 0.05) is 12.1 Å². The van der Waals surface area contributed by atoms with Crippen LogP contribution in [0, 0.1) is 13.8 Å². The van der Waals surface area contributed by atoms with Crippen molar-refractivity contribution in [2.45, 2.75) is 45.7 Å². The molecule has 1 unspecified atom stereocenters. The third kappa shape index (κ3) is 2.53. The summed E-state index contributed by atoms with van der Waals surface area (Å²) >= 11 is 0. The van der Waals surface area contributed by atoms with Crippen molar-refractivity contribution in [2.24, 2.45) is 0 Å².